The first-order valence-electron chi connectivity index (χ1n) is 14.6. The minimum absolute atomic E-state index is 0.00295. The van der Waals surface area contributed by atoms with Crippen LogP contribution in [0.15, 0.2) is 42.5 Å². The summed E-state index contributed by atoms with van der Waals surface area (Å²) in [6.45, 7) is 4.39. The molecular formula is C31H40N4O4S. The largest absolute Gasteiger partial charge is 0.340 e. The van der Waals surface area contributed by atoms with Gasteiger partial charge in [-0.25, -0.2) is 0 Å². The van der Waals surface area contributed by atoms with Gasteiger partial charge in [0.25, 0.3) is 5.91 Å². The zero-order valence-corrected chi connectivity index (χ0v) is 24.2. The maximum Gasteiger partial charge on any atom is 0.262 e. The van der Waals surface area contributed by atoms with Crippen LogP contribution in [-0.2, 0) is 14.4 Å². The van der Waals surface area contributed by atoms with E-state index in [9.17, 15) is 19.2 Å². The molecule has 3 aliphatic rings. The van der Waals surface area contributed by atoms with Gasteiger partial charge in [-0.1, -0.05) is 63.4 Å². The summed E-state index contributed by atoms with van der Waals surface area (Å²) < 4.78 is 0. The molecule has 1 aromatic carbocycles. The van der Waals surface area contributed by atoms with Crippen molar-refractivity contribution in [2.75, 3.05) is 13.1 Å². The first kappa shape index (κ1) is 28.5. The second kappa shape index (κ2) is 12.2. The quantitative estimate of drug-likeness (QED) is 0.506. The fourth-order valence-electron chi connectivity index (χ4n) is 6.58. The summed E-state index contributed by atoms with van der Waals surface area (Å²) in [4.78, 5) is 58.4. The van der Waals surface area contributed by atoms with Crippen molar-refractivity contribution in [2.45, 2.75) is 83.0 Å². The summed E-state index contributed by atoms with van der Waals surface area (Å²) in [5.41, 5.74) is 7.45. The molecule has 1 saturated carbocycles. The lowest BCUT2D eigenvalue weighted by Crippen LogP contribution is -2.53. The number of amides is 3. The summed E-state index contributed by atoms with van der Waals surface area (Å²) in [5.74, 6) is -0.536. The highest BCUT2D eigenvalue weighted by Gasteiger charge is 2.53. The summed E-state index contributed by atoms with van der Waals surface area (Å²) in [6.07, 6.45) is 6.23. The van der Waals surface area contributed by atoms with Crippen molar-refractivity contribution >= 4 is 34.8 Å². The maximum absolute atomic E-state index is 13.9. The number of fused-ring (bicyclic) bond motifs is 1. The molecule has 1 aromatic heterocycles. The van der Waals surface area contributed by atoms with E-state index in [1.54, 1.807) is 15.9 Å². The number of ketones is 1. The van der Waals surface area contributed by atoms with Gasteiger partial charge in [-0.2, -0.15) is 0 Å². The fraction of sp³-hybridized carbons (Fsp3) is 0.548. The molecule has 214 valence electrons. The molecule has 2 aliphatic heterocycles. The van der Waals surface area contributed by atoms with Gasteiger partial charge >= 0.3 is 0 Å². The van der Waals surface area contributed by atoms with Gasteiger partial charge < -0.3 is 20.9 Å². The third kappa shape index (κ3) is 5.86. The van der Waals surface area contributed by atoms with Crippen LogP contribution >= 0.6 is 11.3 Å². The number of rotatable bonds is 8. The zero-order chi connectivity index (χ0) is 28.4. The van der Waals surface area contributed by atoms with Crippen molar-refractivity contribution in [3.05, 3.63) is 47.3 Å². The Morgan fingerprint density at radius 1 is 0.975 bits per heavy atom. The lowest BCUT2D eigenvalue weighted by Gasteiger charge is -2.32. The van der Waals surface area contributed by atoms with Gasteiger partial charge in [-0.15, -0.1) is 11.3 Å². The molecule has 8 nitrogen and oxygen atoms in total. The molecule has 2 aromatic rings. The number of carbonyl (C=O) groups excluding carboxylic acids is 4. The number of hydrogen-bond donors (Lipinski definition) is 2. The van der Waals surface area contributed by atoms with Gasteiger partial charge in [-0.3, -0.25) is 19.2 Å². The highest BCUT2D eigenvalue weighted by Crippen LogP contribution is 2.34. The van der Waals surface area contributed by atoms with Crippen molar-refractivity contribution < 1.29 is 19.2 Å². The second-order valence-corrected chi connectivity index (χ2v) is 13.0. The Bertz CT molecular complexity index is 1240. The highest BCUT2D eigenvalue weighted by molar-refractivity contribution is 7.17. The van der Waals surface area contributed by atoms with Crippen LogP contribution < -0.4 is 11.1 Å². The van der Waals surface area contributed by atoms with Crippen LogP contribution in [0.4, 0.5) is 0 Å². The molecule has 3 N–H and O–H groups in total. The molecule has 3 fully saturated rings. The lowest BCUT2D eigenvalue weighted by atomic mass is 9.83. The molecule has 3 amide bonds. The number of benzene rings is 1. The average Bonchev–Trinajstić information content (AvgIpc) is 3.70. The SMILES string of the molecule is CC(C)CC(NC(=O)c1ccc(-c2ccccc2)s1)C(=O)N1CCC2C1C(=O)CN2C(=O)C(N)C1CCCCC1. The maximum atomic E-state index is 13.9. The topological polar surface area (TPSA) is 113 Å². The Labute approximate surface area is 240 Å². The van der Waals surface area contributed by atoms with Crippen molar-refractivity contribution in [3.63, 3.8) is 0 Å². The first-order chi connectivity index (χ1) is 19.2. The number of Topliss-reactive ketones (excluding diaryl/α,β-unsaturated/α-hetero) is 1. The van der Waals surface area contributed by atoms with E-state index in [-0.39, 0.29) is 47.9 Å². The van der Waals surface area contributed by atoms with Crippen molar-refractivity contribution in [1.29, 1.82) is 0 Å². The number of nitrogens with zero attached hydrogens (tertiary/aromatic N) is 2. The Balaban J connectivity index is 1.28. The van der Waals surface area contributed by atoms with E-state index >= 15 is 0 Å². The molecule has 4 atom stereocenters. The molecule has 4 unspecified atom stereocenters. The van der Waals surface area contributed by atoms with Gasteiger partial charge in [0.2, 0.25) is 11.8 Å². The van der Waals surface area contributed by atoms with Crippen LogP contribution in [0.1, 0.15) is 68.5 Å². The molecule has 0 spiro atoms. The Morgan fingerprint density at radius 2 is 1.70 bits per heavy atom. The van der Waals surface area contributed by atoms with Crippen molar-refractivity contribution in [2.24, 2.45) is 17.6 Å². The summed E-state index contributed by atoms with van der Waals surface area (Å²) in [6, 6.07) is 11.2. The molecule has 40 heavy (non-hydrogen) atoms. The van der Waals surface area contributed by atoms with E-state index in [0.717, 1.165) is 36.1 Å². The number of carbonyl (C=O) groups is 4. The average molecular weight is 565 g/mol. The summed E-state index contributed by atoms with van der Waals surface area (Å²) in [5, 5.41) is 2.96. The normalized spacial score (nSPS) is 22.9. The van der Waals surface area contributed by atoms with E-state index in [1.807, 2.05) is 50.2 Å². The lowest BCUT2D eigenvalue weighted by molar-refractivity contribution is -0.138. The summed E-state index contributed by atoms with van der Waals surface area (Å²) >= 11 is 1.39. The Kier molecular flexibility index (Phi) is 8.71. The third-order valence-corrected chi connectivity index (χ3v) is 9.76. The zero-order valence-electron chi connectivity index (χ0n) is 23.4. The second-order valence-electron chi connectivity index (χ2n) is 11.9. The molecule has 0 bridgehead atoms. The number of nitrogens with two attached hydrogens (primary N) is 1. The van der Waals surface area contributed by atoms with Gasteiger partial charge in [0.15, 0.2) is 5.78 Å². The first-order valence-corrected chi connectivity index (χ1v) is 15.4. The molecule has 9 heteroatoms. The van der Waals surface area contributed by atoms with E-state index in [1.165, 1.54) is 17.8 Å². The van der Waals surface area contributed by atoms with Gasteiger partial charge in [0, 0.05) is 11.4 Å². The van der Waals surface area contributed by atoms with E-state index in [4.69, 9.17) is 5.73 Å². The number of hydrogen-bond acceptors (Lipinski definition) is 6. The van der Waals surface area contributed by atoms with E-state index in [0.29, 0.717) is 24.3 Å². The van der Waals surface area contributed by atoms with Gasteiger partial charge in [0.1, 0.15) is 12.1 Å². The summed E-state index contributed by atoms with van der Waals surface area (Å²) in [7, 11) is 0. The smallest absolute Gasteiger partial charge is 0.262 e. The Hall–Kier alpha value is -3.04. The highest BCUT2D eigenvalue weighted by atomic mass is 32.1. The molecular weight excluding hydrogens is 524 g/mol. The molecule has 3 heterocycles. The van der Waals surface area contributed by atoms with Crippen LogP contribution in [0.3, 0.4) is 0 Å². The molecule has 5 rings (SSSR count). The molecule has 1 aliphatic carbocycles. The molecule has 0 radical (unpaired) electrons. The monoisotopic (exact) mass is 564 g/mol. The van der Waals surface area contributed by atoms with Crippen LogP contribution in [0.5, 0.6) is 0 Å². The number of nitrogens with one attached hydrogen (secondary N) is 1. The van der Waals surface area contributed by atoms with E-state index < -0.39 is 18.1 Å². The minimum atomic E-state index is -0.754. The number of likely N-dealkylation sites (tertiary alicyclic amines) is 2. The standard InChI is InChI=1S/C31H40N4O4S/c1-19(2)17-22(33-29(37)26-14-13-25(40-26)20-9-5-3-6-10-20)30(38)34-16-15-23-28(34)24(36)18-35(23)31(39)27(32)21-11-7-4-8-12-21/h3,5-6,9-10,13-14,19,21-23,27-28H,4,7-8,11-12,15-18,32H2,1-2H3,(H,33,37). The van der Waals surface area contributed by atoms with Crippen molar-refractivity contribution in [1.82, 2.24) is 15.1 Å². The minimum Gasteiger partial charge on any atom is -0.340 e. The third-order valence-electron chi connectivity index (χ3n) is 8.63. The predicted octanol–water partition coefficient (Wildman–Crippen LogP) is 3.85. The van der Waals surface area contributed by atoms with Crippen LogP contribution in [-0.4, -0.2) is 70.6 Å². The predicted molar refractivity (Wildman–Crippen MR) is 156 cm³/mol. The van der Waals surface area contributed by atoms with Crippen LogP contribution in [0.25, 0.3) is 10.4 Å². The van der Waals surface area contributed by atoms with Crippen molar-refractivity contribution in [3.8, 4) is 10.4 Å². The number of thiophene rings is 1. The Morgan fingerprint density at radius 3 is 2.40 bits per heavy atom. The molecule has 2 saturated heterocycles. The van der Waals surface area contributed by atoms with Gasteiger partial charge in [-0.05, 0) is 55.2 Å². The van der Waals surface area contributed by atoms with E-state index in [2.05, 4.69) is 5.32 Å². The fourth-order valence-corrected chi connectivity index (χ4v) is 7.50. The van der Waals surface area contributed by atoms with Crippen LogP contribution in [0, 0.1) is 11.8 Å². The van der Waals surface area contributed by atoms with Gasteiger partial charge in [0.05, 0.1) is 23.5 Å². The van der Waals surface area contributed by atoms with Crippen LogP contribution in [0.2, 0.25) is 0 Å².